The predicted molar refractivity (Wildman–Crippen MR) is 119 cm³/mol. The van der Waals surface area contributed by atoms with Crippen LogP contribution >= 0.6 is 0 Å². The maximum atomic E-state index is 12.8. The van der Waals surface area contributed by atoms with E-state index < -0.39 is 16.1 Å². The summed E-state index contributed by atoms with van der Waals surface area (Å²) >= 11 is 0. The molecule has 0 saturated heterocycles. The lowest BCUT2D eigenvalue weighted by atomic mass is 10.1. The topological polar surface area (TPSA) is 91.3 Å². The molecule has 0 aromatic heterocycles. The van der Waals surface area contributed by atoms with Crippen LogP contribution in [0.5, 0.6) is 11.5 Å². The summed E-state index contributed by atoms with van der Waals surface area (Å²) in [5.41, 5.74) is 1.87. The lowest BCUT2D eigenvalue weighted by Crippen LogP contribution is -2.10. The van der Waals surface area contributed by atoms with E-state index in [4.69, 9.17) is 13.7 Å². The average molecular weight is 449 g/mol. The second-order valence-corrected chi connectivity index (χ2v) is 8.50. The third kappa shape index (κ3) is 4.55. The molecule has 162 valence electrons. The standard InChI is InChI=1S/C24H19NO6S/c1-16-8-11-20(12-9-16)32(27,28)31-22-13-10-19(29-2)14-18(22)15-21-24(26)30-23(25-21)17-6-4-3-5-7-17/h3-15H,1-2H3/b21-15+. The number of ether oxygens (including phenoxy) is 2. The minimum atomic E-state index is -4.10. The van der Waals surface area contributed by atoms with Crippen LogP contribution in [0.15, 0.2) is 88.4 Å². The van der Waals surface area contributed by atoms with Gasteiger partial charge in [0.15, 0.2) is 11.4 Å². The molecule has 0 spiro atoms. The maximum absolute atomic E-state index is 12.8. The number of hydrogen-bond donors (Lipinski definition) is 0. The van der Waals surface area contributed by atoms with Crippen molar-refractivity contribution in [2.24, 2.45) is 4.99 Å². The Kier molecular flexibility index (Phi) is 5.79. The Labute approximate surface area is 185 Å². The van der Waals surface area contributed by atoms with E-state index in [1.807, 2.05) is 13.0 Å². The summed E-state index contributed by atoms with van der Waals surface area (Å²) in [6.45, 7) is 1.86. The number of cyclic esters (lactones) is 1. The zero-order valence-electron chi connectivity index (χ0n) is 17.3. The summed E-state index contributed by atoms with van der Waals surface area (Å²) < 4.78 is 41.4. The van der Waals surface area contributed by atoms with E-state index in [2.05, 4.69) is 4.99 Å². The first-order chi connectivity index (χ1) is 15.4. The van der Waals surface area contributed by atoms with Crippen molar-refractivity contribution in [1.82, 2.24) is 0 Å². The predicted octanol–water partition coefficient (Wildman–Crippen LogP) is 4.12. The van der Waals surface area contributed by atoms with Crippen LogP contribution < -0.4 is 8.92 Å². The van der Waals surface area contributed by atoms with Gasteiger partial charge in [0, 0.05) is 11.1 Å². The maximum Gasteiger partial charge on any atom is 0.363 e. The molecule has 1 aliphatic rings. The van der Waals surface area contributed by atoms with Crippen molar-refractivity contribution in [1.29, 1.82) is 0 Å². The summed E-state index contributed by atoms with van der Waals surface area (Å²) in [4.78, 5) is 16.6. The number of benzene rings is 3. The molecule has 0 amide bonds. The van der Waals surface area contributed by atoms with Crippen LogP contribution in [0.1, 0.15) is 16.7 Å². The minimum absolute atomic E-state index is 0.00897. The molecule has 1 aliphatic heterocycles. The lowest BCUT2D eigenvalue weighted by molar-refractivity contribution is -0.129. The molecule has 0 unspecified atom stereocenters. The average Bonchev–Trinajstić information content (AvgIpc) is 3.16. The SMILES string of the molecule is COc1ccc(OS(=O)(=O)c2ccc(C)cc2)c(/C=C2/N=C(c3ccccc3)OC2=O)c1. The van der Waals surface area contributed by atoms with E-state index in [1.54, 1.807) is 48.5 Å². The monoisotopic (exact) mass is 449 g/mol. The summed E-state index contributed by atoms with van der Waals surface area (Å²) in [5, 5.41) is 0. The Morgan fingerprint density at radius 3 is 2.38 bits per heavy atom. The molecule has 8 heteroatoms. The molecule has 0 N–H and O–H groups in total. The van der Waals surface area contributed by atoms with Crippen LogP contribution in [-0.2, 0) is 19.6 Å². The molecule has 32 heavy (non-hydrogen) atoms. The zero-order chi connectivity index (χ0) is 22.7. The highest BCUT2D eigenvalue weighted by Gasteiger charge is 2.25. The first kappa shape index (κ1) is 21.3. The Morgan fingerprint density at radius 2 is 1.69 bits per heavy atom. The van der Waals surface area contributed by atoms with Gasteiger partial charge in [0.2, 0.25) is 5.90 Å². The van der Waals surface area contributed by atoms with Gasteiger partial charge in [-0.1, -0.05) is 35.9 Å². The van der Waals surface area contributed by atoms with Crippen molar-refractivity contribution >= 4 is 28.1 Å². The number of carbonyl (C=O) groups excluding carboxylic acids is 1. The van der Waals surface area contributed by atoms with E-state index in [-0.39, 0.29) is 22.2 Å². The quantitative estimate of drug-likeness (QED) is 0.319. The number of aliphatic imine (C=N–C) groups is 1. The van der Waals surface area contributed by atoms with Gasteiger partial charge in [-0.2, -0.15) is 8.42 Å². The van der Waals surface area contributed by atoms with Crippen molar-refractivity contribution in [2.45, 2.75) is 11.8 Å². The molecule has 4 rings (SSSR count). The summed E-state index contributed by atoms with van der Waals surface area (Å²) in [6.07, 6.45) is 1.40. The van der Waals surface area contributed by atoms with Gasteiger partial charge in [-0.3, -0.25) is 0 Å². The molecular formula is C24H19NO6S. The normalized spacial score (nSPS) is 14.8. The van der Waals surface area contributed by atoms with Crippen LogP contribution in [0.4, 0.5) is 0 Å². The molecular weight excluding hydrogens is 430 g/mol. The third-order valence-electron chi connectivity index (χ3n) is 4.66. The van der Waals surface area contributed by atoms with Gasteiger partial charge in [-0.05, 0) is 55.5 Å². The Bertz CT molecular complexity index is 1330. The first-order valence-corrected chi connectivity index (χ1v) is 11.0. The number of methoxy groups -OCH3 is 1. The number of carbonyl (C=O) groups is 1. The second-order valence-electron chi connectivity index (χ2n) is 6.96. The number of rotatable bonds is 6. The molecule has 0 fully saturated rings. The second kappa shape index (κ2) is 8.68. The molecule has 7 nitrogen and oxygen atoms in total. The van der Waals surface area contributed by atoms with Crippen LogP contribution in [0, 0.1) is 6.92 Å². The van der Waals surface area contributed by atoms with E-state index in [9.17, 15) is 13.2 Å². The fraction of sp³-hybridized carbons (Fsp3) is 0.0833. The molecule has 1 heterocycles. The van der Waals surface area contributed by atoms with Gasteiger partial charge in [0.25, 0.3) is 0 Å². The molecule has 3 aromatic rings. The Morgan fingerprint density at radius 1 is 0.969 bits per heavy atom. The van der Waals surface area contributed by atoms with E-state index in [0.717, 1.165) is 5.56 Å². The van der Waals surface area contributed by atoms with Crippen molar-refractivity contribution in [3.63, 3.8) is 0 Å². The summed E-state index contributed by atoms with van der Waals surface area (Å²) in [7, 11) is -2.62. The number of hydrogen-bond acceptors (Lipinski definition) is 7. The van der Waals surface area contributed by atoms with Gasteiger partial charge in [0.1, 0.15) is 10.6 Å². The van der Waals surface area contributed by atoms with Crippen LogP contribution in [0.3, 0.4) is 0 Å². The van der Waals surface area contributed by atoms with E-state index in [0.29, 0.717) is 16.9 Å². The fourth-order valence-corrected chi connectivity index (χ4v) is 3.93. The number of nitrogens with zero attached hydrogens (tertiary/aromatic N) is 1. The smallest absolute Gasteiger partial charge is 0.363 e. The minimum Gasteiger partial charge on any atom is -0.497 e. The van der Waals surface area contributed by atoms with Crippen LogP contribution in [-0.4, -0.2) is 27.4 Å². The molecule has 0 saturated carbocycles. The lowest BCUT2D eigenvalue weighted by Gasteiger charge is -2.11. The summed E-state index contributed by atoms with van der Waals surface area (Å²) in [6, 6.07) is 19.9. The van der Waals surface area contributed by atoms with Crippen molar-refractivity contribution in [3.05, 3.63) is 95.2 Å². The third-order valence-corrected chi connectivity index (χ3v) is 5.91. The van der Waals surface area contributed by atoms with Gasteiger partial charge >= 0.3 is 16.1 Å². The highest BCUT2D eigenvalue weighted by molar-refractivity contribution is 7.87. The fourth-order valence-electron chi connectivity index (χ4n) is 2.97. The highest BCUT2D eigenvalue weighted by atomic mass is 32.2. The largest absolute Gasteiger partial charge is 0.497 e. The zero-order valence-corrected chi connectivity index (χ0v) is 18.1. The first-order valence-electron chi connectivity index (χ1n) is 9.63. The molecule has 3 aromatic carbocycles. The number of aryl methyl sites for hydroxylation is 1. The Hall–Kier alpha value is -3.91. The van der Waals surface area contributed by atoms with Gasteiger partial charge < -0.3 is 13.7 Å². The molecule has 0 radical (unpaired) electrons. The Balaban J connectivity index is 1.72. The van der Waals surface area contributed by atoms with Gasteiger partial charge in [-0.25, -0.2) is 9.79 Å². The van der Waals surface area contributed by atoms with Crippen molar-refractivity contribution < 1.29 is 26.9 Å². The van der Waals surface area contributed by atoms with Crippen molar-refractivity contribution in [3.8, 4) is 11.5 Å². The van der Waals surface area contributed by atoms with Gasteiger partial charge in [-0.15, -0.1) is 0 Å². The molecule has 0 aliphatic carbocycles. The van der Waals surface area contributed by atoms with Crippen molar-refractivity contribution in [2.75, 3.05) is 7.11 Å². The highest BCUT2D eigenvalue weighted by Crippen LogP contribution is 2.30. The van der Waals surface area contributed by atoms with E-state index in [1.165, 1.54) is 31.4 Å². The molecule has 0 bridgehead atoms. The summed E-state index contributed by atoms with van der Waals surface area (Å²) in [5.74, 6) is -0.0101. The van der Waals surface area contributed by atoms with Crippen LogP contribution in [0.2, 0.25) is 0 Å². The number of esters is 1. The van der Waals surface area contributed by atoms with E-state index >= 15 is 0 Å². The van der Waals surface area contributed by atoms with Crippen LogP contribution in [0.25, 0.3) is 6.08 Å². The van der Waals surface area contributed by atoms with Gasteiger partial charge in [0.05, 0.1) is 7.11 Å². The molecule has 0 atom stereocenters.